The fourth-order valence-corrected chi connectivity index (χ4v) is 4.14. The molecular weight excluding hydrogens is 430 g/mol. The second-order valence-electron chi connectivity index (χ2n) is 8.06. The van der Waals surface area contributed by atoms with Crippen molar-refractivity contribution in [1.82, 2.24) is 23.6 Å². The lowest BCUT2D eigenvalue weighted by atomic mass is 10.2. The second-order valence-corrected chi connectivity index (χ2v) is 8.06. The number of hydrogen-bond acceptors (Lipinski definition) is 7. The zero-order valence-electron chi connectivity index (χ0n) is 18.5. The fourth-order valence-electron chi connectivity index (χ4n) is 4.14. The molecule has 33 heavy (non-hydrogen) atoms. The van der Waals surface area contributed by atoms with Gasteiger partial charge in [-0.05, 0) is 12.5 Å². The standard InChI is InChI=1S/C21H25N7O5/c1-23-19-18(20(30)24(2)21(23)31)27(14-22-19)8-4-7-17(29)26-11-9-25(10-12-26)15-5-3-6-16(13-15)28(32)33/h3,5-6,13-14H,4,7-12H2,1-2H3. The number of rotatable bonds is 6. The van der Waals surface area contributed by atoms with Crippen LogP contribution in [0.25, 0.3) is 11.2 Å². The van der Waals surface area contributed by atoms with E-state index in [9.17, 15) is 24.5 Å². The molecule has 0 unspecified atom stereocenters. The minimum absolute atomic E-state index is 0.0263. The molecule has 3 heterocycles. The van der Waals surface area contributed by atoms with E-state index in [2.05, 4.69) is 4.98 Å². The number of hydrogen-bond donors (Lipinski definition) is 0. The molecule has 174 valence electrons. The Morgan fingerprint density at radius 1 is 1.12 bits per heavy atom. The number of piperazine rings is 1. The summed E-state index contributed by atoms with van der Waals surface area (Å²) in [5.74, 6) is 0.0263. The van der Waals surface area contributed by atoms with Crippen molar-refractivity contribution in [2.24, 2.45) is 14.1 Å². The molecule has 0 spiro atoms. The van der Waals surface area contributed by atoms with E-state index in [0.717, 1.165) is 10.3 Å². The number of fused-ring (bicyclic) bond motifs is 1. The third kappa shape index (κ3) is 4.23. The van der Waals surface area contributed by atoms with Crippen molar-refractivity contribution in [1.29, 1.82) is 0 Å². The number of imidazole rings is 1. The minimum atomic E-state index is -0.433. The van der Waals surface area contributed by atoms with Crippen LogP contribution in [0.15, 0.2) is 40.2 Å². The SMILES string of the molecule is Cn1c(=O)c2c(ncn2CCCC(=O)N2CCN(c3cccc([N+](=O)[O-])c3)CC2)n(C)c1=O. The van der Waals surface area contributed by atoms with E-state index in [-0.39, 0.29) is 11.6 Å². The molecular formula is C21H25N7O5. The van der Waals surface area contributed by atoms with E-state index < -0.39 is 16.2 Å². The normalized spacial score (nSPS) is 14.1. The maximum absolute atomic E-state index is 12.7. The van der Waals surface area contributed by atoms with E-state index in [1.54, 1.807) is 28.6 Å². The Kier molecular flexibility index (Phi) is 5.99. The lowest BCUT2D eigenvalue weighted by molar-refractivity contribution is -0.384. The van der Waals surface area contributed by atoms with Crippen LogP contribution in [0, 0.1) is 10.1 Å². The average Bonchev–Trinajstić information content (AvgIpc) is 3.25. The van der Waals surface area contributed by atoms with Crippen molar-refractivity contribution in [3.63, 3.8) is 0 Å². The molecule has 12 nitrogen and oxygen atoms in total. The predicted octanol–water partition coefficient (Wildman–Crippen LogP) is 0.471. The first kappa shape index (κ1) is 22.2. The number of aryl methyl sites for hydroxylation is 2. The molecule has 1 amide bonds. The Morgan fingerprint density at radius 3 is 2.55 bits per heavy atom. The molecule has 0 radical (unpaired) electrons. The first-order valence-electron chi connectivity index (χ1n) is 10.7. The van der Waals surface area contributed by atoms with Gasteiger partial charge in [-0.15, -0.1) is 0 Å². The Morgan fingerprint density at radius 2 is 1.85 bits per heavy atom. The highest BCUT2D eigenvalue weighted by molar-refractivity contribution is 5.76. The molecule has 0 aliphatic carbocycles. The molecule has 4 rings (SSSR count). The summed E-state index contributed by atoms with van der Waals surface area (Å²) < 4.78 is 4.07. The van der Waals surface area contributed by atoms with Crippen molar-refractivity contribution < 1.29 is 9.72 Å². The monoisotopic (exact) mass is 455 g/mol. The van der Waals surface area contributed by atoms with Crippen molar-refractivity contribution >= 4 is 28.4 Å². The fraction of sp³-hybridized carbons (Fsp3) is 0.429. The van der Waals surface area contributed by atoms with Gasteiger partial charge in [0.15, 0.2) is 11.2 Å². The van der Waals surface area contributed by atoms with Gasteiger partial charge in [0.1, 0.15) is 0 Å². The molecule has 1 aliphatic heterocycles. The maximum atomic E-state index is 12.7. The van der Waals surface area contributed by atoms with Crippen molar-refractivity contribution in [3.8, 4) is 0 Å². The molecule has 2 aromatic heterocycles. The zero-order chi connectivity index (χ0) is 23.7. The molecule has 3 aromatic rings. The maximum Gasteiger partial charge on any atom is 0.332 e. The summed E-state index contributed by atoms with van der Waals surface area (Å²) in [7, 11) is 3.00. The highest BCUT2D eigenvalue weighted by atomic mass is 16.6. The lowest BCUT2D eigenvalue weighted by Gasteiger charge is -2.36. The van der Waals surface area contributed by atoms with E-state index in [1.165, 1.54) is 24.0 Å². The highest BCUT2D eigenvalue weighted by Gasteiger charge is 2.22. The van der Waals surface area contributed by atoms with Gasteiger partial charge in [-0.2, -0.15) is 0 Å². The van der Waals surface area contributed by atoms with Crippen LogP contribution >= 0.6 is 0 Å². The molecule has 0 N–H and O–H groups in total. The molecule has 1 aromatic carbocycles. The van der Waals surface area contributed by atoms with Crippen LogP contribution in [0.1, 0.15) is 12.8 Å². The number of carbonyl (C=O) groups excluding carboxylic acids is 1. The number of carbonyl (C=O) groups is 1. The Bertz CT molecular complexity index is 1330. The van der Waals surface area contributed by atoms with Gasteiger partial charge >= 0.3 is 5.69 Å². The largest absolute Gasteiger partial charge is 0.368 e. The number of nitro groups is 1. The summed E-state index contributed by atoms with van der Waals surface area (Å²) in [6, 6.07) is 6.51. The second kappa shape index (κ2) is 8.88. The average molecular weight is 455 g/mol. The summed E-state index contributed by atoms with van der Waals surface area (Å²) in [5.41, 5.74) is 0.655. The van der Waals surface area contributed by atoms with Gasteiger partial charge in [0.05, 0.1) is 11.3 Å². The van der Waals surface area contributed by atoms with E-state index in [4.69, 9.17) is 0 Å². The number of anilines is 1. The summed E-state index contributed by atoms with van der Waals surface area (Å²) >= 11 is 0. The predicted molar refractivity (Wildman–Crippen MR) is 121 cm³/mol. The summed E-state index contributed by atoms with van der Waals surface area (Å²) in [6.45, 7) is 2.71. The number of benzene rings is 1. The quantitative estimate of drug-likeness (QED) is 0.390. The molecule has 1 saturated heterocycles. The summed E-state index contributed by atoms with van der Waals surface area (Å²) in [5, 5.41) is 11.0. The van der Waals surface area contributed by atoms with Crippen molar-refractivity contribution in [2.75, 3.05) is 31.1 Å². The van der Waals surface area contributed by atoms with Gasteiger partial charge in [-0.25, -0.2) is 9.78 Å². The molecule has 1 aliphatic rings. The first-order chi connectivity index (χ1) is 15.8. The third-order valence-corrected chi connectivity index (χ3v) is 6.04. The van der Waals surface area contributed by atoms with Crippen LogP contribution in [-0.4, -0.2) is 60.6 Å². The van der Waals surface area contributed by atoms with Gasteiger partial charge in [0, 0.05) is 71.1 Å². The molecule has 0 bridgehead atoms. The molecule has 12 heteroatoms. The van der Waals surface area contributed by atoms with Crippen LogP contribution in [-0.2, 0) is 25.4 Å². The van der Waals surface area contributed by atoms with Gasteiger partial charge in [0.2, 0.25) is 5.91 Å². The smallest absolute Gasteiger partial charge is 0.332 e. The van der Waals surface area contributed by atoms with Gasteiger partial charge in [0.25, 0.3) is 11.2 Å². The van der Waals surface area contributed by atoms with E-state index in [0.29, 0.717) is 56.7 Å². The summed E-state index contributed by atoms with van der Waals surface area (Å²) in [6.07, 6.45) is 2.37. The van der Waals surface area contributed by atoms with Gasteiger partial charge in [-0.1, -0.05) is 6.07 Å². The van der Waals surface area contributed by atoms with Gasteiger partial charge in [-0.3, -0.25) is 28.8 Å². The molecule has 0 atom stereocenters. The lowest BCUT2D eigenvalue weighted by Crippen LogP contribution is -2.48. The summed E-state index contributed by atoms with van der Waals surface area (Å²) in [4.78, 5) is 55.8. The Hall–Kier alpha value is -3.96. The van der Waals surface area contributed by atoms with Crippen molar-refractivity contribution in [2.45, 2.75) is 19.4 Å². The first-order valence-corrected chi connectivity index (χ1v) is 10.7. The molecule has 0 saturated carbocycles. The van der Waals surface area contributed by atoms with Crippen LogP contribution in [0.5, 0.6) is 0 Å². The van der Waals surface area contributed by atoms with Crippen LogP contribution in [0.3, 0.4) is 0 Å². The number of aromatic nitrogens is 4. The van der Waals surface area contributed by atoms with Gasteiger partial charge < -0.3 is 14.4 Å². The van der Waals surface area contributed by atoms with Crippen LogP contribution in [0.2, 0.25) is 0 Å². The Labute approximate surface area is 188 Å². The van der Waals surface area contributed by atoms with Crippen LogP contribution < -0.4 is 16.1 Å². The van der Waals surface area contributed by atoms with Crippen LogP contribution in [0.4, 0.5) is 11.4 Å². The third-order valence-electron chi connectivity index (χ3n) is 6.04. The number of non-ortho nitro benzene ring substituents is 1. The number of nitrogens with zero attached hydrogens (tertiary/aromatic N) is 7. The van der Waals surface area contributed by atoms with E-state index in [1.807, 2.05) is 11.0 Å². The van der Waals surface area contributed by atoms with E-state index >= 15 is 0 Å². The topological polar surface area (TPSA) is 129 Å². The molecule has 1 fully saturated rings. The number of nitro benzene ring substituents is 1. The zero-order valence-corrected chi connectivity index (χ0v) is 18.5. The highest BCUT2D eigenvalue weighted by Crippen LogP contribution is 2.22. The number of amides is 1. The minimum Gasteiger partial charge on any atom is -0.368 e. The van der Waals surface area contributed by atoms with Crippen molar-refractivity contribution in [3.05, 3.63) is 61.5 Å². The Balaban J connectivity index is 1.34.